The standard InChI is InChI=1S/C9H16N2O/c1-6(2)5-8-9(12)7(3)11(4)10-8/h6,12H,5H2,1-4H3. The Kier molecular flexibility index (Phi) is 2.40. The summed E-state index contributed by atoms with van der Waals surface area (Å²) in [5.41, 5.74) is 1.65. The molecular formula is C9H16N2O. The van der Waals surface area contributed by atoms with Crippen LogP contribution in [0.4, 0.5) is 0 Å². The molecule has 0 aromatic carbocycles. The van der Waals surface area contributed by atoms with Gasteiger partial charge in [-0.1, -0.05) is 13.8 Å². The Morgan fingerprint density at radius 2 is 2.08 bits per heavy atom. The van der Waals surface area contributed by atoms with Gasteiger partial charge in [0.1, 0.15) is 5.69 Å². The minimum Gasteiger partial charge on any atom is -0.504 e. The lowest BCUT2D eigenvalue weighted by Crippen LogP contribution is -1.97. The molecule has 3 heteroatoms. The molecule has 1 aromatic rings. The molecule has 1 aromatic heterocycles. The maximum Gasteiger partial charge on any atom is 0.159 e. The summed E-state index contributed by atoms with van der Waals surface area (Å²) in [6, 6.07) is 0. The van der Waals surface area contributed by atoms with E-state index >= 15 is 0 Å². The summed E-state index contributed by atoms with van der Waals surface area (Å²) in [5, 5.41) is 13.8. The average Bonchev–Trinajstić information content (AvgIpc) is 2.17. The van der Waals surface area contributed by atoms with Gasteiger partial charge >= 0.3 is 0 Å². The van der Waals surface area contributed by atoms with Gasteiger partial charge in [-0.05, 0) is 19.3 Å². The minimum absolute atomic E-state index is 0.353. The lowest BCUT2D eigenvalue weighted by molar-refractivity contribution is 0.458. The number of nitrogens with zero attached hydrogens (tertiary/aromatic N) is 2. The van der Waals surface area contributed by atoms with Crippen LogP contribution in [0.15, 0.2) is 0 Å². The third-order valence-corrected chi connectivity index (χ3v) is 1.97. The Balaban J connectivity index is 2.93. The highest BCUT2D eigenvalue weighted by Crippen LogP contribution is 2.22. The van der Waals surface area contributed by atoms with Crippen LogP contribution in [0.2, 0.25) is 0 Å². The van der Waals surface area contributed by atoms with Crippen LogP contribution in [0.25, 0.3) is 0 Å². The molecule has 68 valence electrons. The van der Waals surface area contributed by atoms with Gasteiger partial charge in [0.05, 0.1) is 5.69 Å². The molecule has 0 radical (unpaired) electrons. The predicted octanol–water partition coefficient (Wildman–Crippen LogP) is 1.63. The van der Waals surface area contributed by atoms with Gasteiger partial charge in [-0.15, -0.1) is 0 Å². The van der Waals surface area contributed by atoms with Crippen molar-refractivity contribution in [3.05, 3.63) is 11.4 Å². The summed E-state index contributed by atoms with van der Waals surface area (Å²) in [4.78, 5) is 0. The highest BCUT2D eigenvalue weighted by atomic mass is 16.3. The van der Waals surface area contributed by atoms with Crippen LogP contribution >= 0.6 is 0 Å². The monoisotopic (exact) mass is 168 g/mol. The van der Waals surface area contributed by atoms with Crippen LogP contribution in [-0.4, -0.2) is 14.9 Å². The van der Waals surface area contributed by atoms with E-state index in [0.717, 1.165) is 17.8 Å². The Hall–Kier alpha value is -0.990. The summed E-state index contributed by atoms with van der Waals surface area (Å²) in [6.45, 7) is 6.10. The van der Waals surface area contributed by atoms with E-state index in [-0.39, 0.29) is 0 Å². The molecule has 1 rings (SSSR count). The molecule has 0 aliphatic rings. The number of aromatic nitrogens is 2. The van der Waals surface area contributed by atoms with Gasteiger partial charge in [0.15, 0.2) is 5.75 Å². The molecule has 0 atom stereocenters. The molecule has 0 aliphatic carbocycles. The Bertz CT molecular complexity index is 276. The normalized spacial score (nSPS) is 11.1. The molecule has 0 unspecified atom stereocenters. The number of aromatic hydroxyl groups is 1. The van der Waals surface area contributed by atoms with E-state index in [1.807, 2.05) is 14.0 Å². The van der Waals surface area contributed by atoms with Gasteiger partial charge in [0.2, 0.25) is 0 Å². The quantitative estimate of drug-likeness (QED) is 0.729. The second-order valence-corrected chi connectivity index (χ2v) is 3.60. The van der Waals surface area contributed by atoms with Gasteiger partial charge in [-0.3, -0.25) is 4.68 Å². The van der Waals surface area contributed by atoms with Gasteiger partial charge in [0.25, 0.3) is 0 Å². The van der Waals surface area contributed by atoms with E-state index < -0.39 is 0 Å². The van der Waals surface area contributed by atoms with Crippen molar-refractivity contribution < 1.29 is 5.11 Å². The molecule has 0 aliphatic heterocycles. The van der Waals surface area contributed by atoms with Gasteiger partial charge < -0.3 is 5.11 Å². The first-order valence-corrected chi connectivity index (χ1v) is 4.23. The summed E-state index contributed by atoms with van der Waals surface area (Å²) in [7, 11) is 1.85. The van der Waals surface area contributed by atoms with Gasteiger partial charge in [-0.25, -0.2) is 0 Å². The van der Waals surface area contributed by atoms with E-state index in [0.29, 0.717) is 11.7 Å². The Labute approximate surface area is 73.0 Å². The van der Waals surface area contributed by atoms with Crippen molar-refractivity contribution in [2.75, 3.05) is 0 Å². The van der Waals surface area contributed by atoms with E-state index in [1.165, 1.54) is 0 Å². The molecule has 0 saturated carbocycles. The zero-order valence-corrected chi connectivity index (χ0v) is 8.13. The smallest absolute Gasteiger partial charge is 0.159 e. The first-order chi connectivity index (χ1) is 5.52. The van der Waals surface area contributed by atoms with Crippen LogP contribution in [0.5, 0.6) is 5.75 Å². The van der Waals surface area contributed by atoms with Crippen LogP contribution < -0.4 is 0 Å². The maximum atomic E-state index is 9.58. The third-order valence-electron chi connectivity index (χ3n) is 1.97. The molecule has 3 nitrogen and oxygen atoms in total. The Morgan fingerprint density at radius 3 is 2.42 bits per heavy atom. The van der Waals surface area contributed by atoms with Crippen molar-refractivity contribution in [2.45, 2.75) is 27.2 Å². The summed E-state index contributed by atoms with van der Waals surface area (Å²) < 4.78 is 1.72. The molecule has 0 saturated heterocycles. The summed E-state index contributed by atoms with van der Waals surface area (Å²) >= 11 is 0. The zero-order chi connectivity index (χ0) is 9.30. The number of hydrogen-bond acceptors (Lipinski definition) is 2. The lowest BCUT2D eigenvalue weighted by Gasteiger charge is -2.00. The fraction of sp³-hybridized carbons (Fsp3) is 0.667. The van der Waals surface area contributed by atoms with Crippen molar-refractivity contribution in [3.8, 4) is 5.75 Å². The maximum absolute atomic E-state index is 9.58. The topological polar surface area (TPSA) is 38.1 Å². The largest absolute Gasteiger partial charge is 0.504 e. The number of hydrogen-bond donors (Lipinski definition) is 1. The van der Waals surface area contributed by atoms with E-state index in [9.17, 15) is 5.11 Å². The third kappa shape index (κ3) is 1.60. The predicted molar refractivity (Wildman–Crippen MR) is 48.2 cm³/mol. The van der Waals surface area contributed by atoms with Crippen LogP contribution in [0.3, 0.4) is 0 Å². The average molecular weight is 168 g/mol. The number of aryl methyl sites for hydroxylation is 1. The molecule has 1 N–H and O–H groups in total. The van der Waals surface area contributed by atoms with Crippen molar-refractivity contribution in [1.82, 2.24) is 9.78 Å². The first-order valence-electron chi connectivity index (χ1n) is 4.23. The van der Waals surface area contributed by atoms with E-state index in [4.69, 9.17) is 0 Å². The molecule has 0 fully saturated rings. The van der Waals surface area contributed by atoms with Gasteiger partial charge in [-0.2, -0.15) is 5.10 Å². The fourth-order valence-electron chi connectivity index (χ4n) is 1.19. The van der Waals surface area contributed by atoms with Crippen molar-refractivity contribution in [1.29, 1.82) is 0 Å². The molecule has 0 spiro atoms. The van der Waals surface area contributed by atoms with Gasteiger partial charge in [0, 0.05) is 7.05 Å². The number of rotatable bonds is 2. The summed E-state index contributed by atoms with van der Waals surface area (Å²) in [5.74, 6) is 0.886. The molecular weight excluding hydrogens is 152 g/mol. The molecule has 12 heavy (non-hydrogen) atoms. The zero-order valence-electron chi connectivity index (χ0n) is 8.13. The van der Waals surface area contributed by atoms with E-state index in [1.54, 1.807) is 4.68 Å². The fourth-order valence-corrected chi connectivity index (χ4v) is 1.19. The van der Waals surface area contributed by atoms with Crippen molar-refractivity contribution in [3.63, 3.8) is 0 Å². The minimum atomic E-state index is 0.353. The van der Waals surface area contributed by atoms with Crippen molar-refractivity contribution in [2.24, 2.45) is 13.0 Å². The highest BCUT2D eigenvalue weighted by molar-refractivity contribution is 5.31. The Morgan fingerprint density at radius 1 is 1.50 bits per heavy atom. The SMILES string of the molecule is Cc1c(O)c(CC(C)C)nn1C. The highest BCUT2D eigenvalue weighted by Gasteiger charge is 2.11. The molecule has 0 bridgehead atoms. The second-order valence-electron chi connectivity index (χ2n) is 3.60. The molecule has 1 heterocycles. The lowest BCUT2D eigenvalue weighted by atomic mass is 10.1. The summed E-state index contributed by atoms with van der Waals surface area (Å²) in [6.07, 6.45) is 0.841. The van der Waals surface area contributed by atoms with Crippen LogP contribution in [-0.2, 0) is 13.5 Å². The van der Waals surface area contributed by atoms with Crippen LogP contribution in [0.1, 0.15) is 25.2 Å². The second kappa shape index (κ2) is 3.17. The van der Waals surface area contributed by atoms with E-state index in [2.05, 4.69) is 18.9 Å². The van der Waals surface area contributed by atoms with Crippen molar-refractivity contribution >= 4 is 0 Å². The molecule has 0 amide bonds. The first kappa shape index (κ1) is 9.10. The van der Waals surface area contributed by atoms with Crippen LogP contribution in [0, 0.1) is 12.8 Å².